The van der Waals surface area contributed by atoms with Gasteiger partial charge in [-0.05, 0) is 11.5 Å². The number of amides is 2. The maximum atomic E-state index is 12.2. The van der Waals surface area contributed by atoms with E-state index in [1.807, 2.05) is 42.5 Å². The number of nitrogens with zero attached hydrogens (tertiary/aromatic N) is 3. The maximum Gasteiger partial charge on any atom is 0.322 e. The van der Waals surface area contributed by atoms with Crippen LogP contribution in [0.4, 0.5) is 10.5 Å². The third-order valence-corrected chi connectivity index (χ3v) is 3.23. The average molecular weight is 281 g/mol. The van der Waals surface area contributed by atoms with Gasteiger partial charge in [0.05, 0.1) is 12.2 Å². The molecule has 3 rings (SSSR count). The van der Waals surface area contributed by atoms with Crippen LogP contribution in [-0.4, -0.2) is 33.2 Å². The predicted octanol–water partition coefficient (Wildman–Crippen LogP) is 2.62. The highest BCUT2D eigenvalue weighted by molar-refractivity contribution is 6.01. The van der Waals surface area contributed by atoms with Gasteiger partial charge in [-0.1, -0.05) is 36.4 Å². The number of nitrogens with one attached hydrogen (secondary N) is 2. The number of fused-ring (bicyclic) bond motifs is 1. The molecule has 3 aromatic rings. The molecule has 0 aliphatic rings. The lowest BCUT2D eigenvalue weighted by atomic mass is 10.1. The molecule has 0 aliphatic heterocycles. The van der Waals surface area contributed by atoms with Gasteiger partial charge in [-0.25, -0.2) is 9.78 Å². The zero-order valence-electron chi connectivity index (χ0n) is 11.6. The highest BCUT2D eigenvalue weighted by Crippen LogP contribution is 2.23. The van der Waals surface area contributed by atoms with Gasteiger partial charge in [0.15, 0.2) is 0 Å². The molecule has 0 saturated heterocycles. The Balaban J connectivity index is 1.77. The Morgan fingerprint density at radius 3 is 2.86 bits per heavy atom. The summed E-state index contributed by atoms with van der Waals surface area (Å²) in [6, 6.07) is 13.6. The van der Waals surface area contributed by atoms with E-state index in [9.17, 15) is 4.79 Å². The molecular weight excluding hydrogens is 266 g/mol. The van der Waals surface area contributed by atoms with Crippen molar-refractivity contribution >= 4 is 22.5 Å². The molecule has 0 unspecified atom stereocenters. The molecule has 0 aliphatic carbocycles. The highest BCUT2D eigenvalue weighted by atomic mass is 16.2. The number of hydrogen-bond donors (Lipinski definition) is 2. The summed E-state index contributed by atoms with van der Waals surface area (Å²) in [5.74, 6) is 0.644. The number of anilines is 1. The van der Waals surface area contributed by atoms with Crippen molar-refractivity contribution < 1.29 is 4.79 Å². The fourth-order valence-corrected chi connectivity index (χ4v) is 2.15. The first kappa shape index (κ1) is 13.1. The number of H-pyrrole nitrogens is 1. The number of carbonyl (C=O) groups excluding carboxylic acids is 1. The molecule has 2 aromatic carbocycles. The molecule has 0 atom stereocenters. The fourth-order valence-electron chi connectivity index (χ4n) is 2.15. The van der Waals surface area contributed by atoms with Gasteiger partial charge in [0.25, 0.3) is 0 Å². The van der Waals surface area contributed by atoms with Crippen LogP contribution in [0.1, 0.15) is 5.82 Å². The summed E-state index contributed by atoms with van der Waals surface area (Å²) >= 11 is 0. The number of rotatable bonds is 3. The van der Waals surface area contributed by atoms with Gasteiger partial charge in [0, 0.05) is 12.4 Å². The zero-order chi connectivity index (χ0) is 14.7. The topological polar surface area (TPSA) is 73.9 Å². The molecule has 0 bridgehead atoms. The molecule has 106 valence electrons. The van der Waals surface area contributed by atoms with E-state index >= 15 is 0 Å². The monoisotopic (exact) mass is 281 g/mol. The van der Waals surface area contributed by atoms with Gasteiger partial charge in [0.1, 0.15) is 12.2 Å². The van der Waals surface area contributed by atoms with E-state index in [0.29, 0.717) is 12.4 Å². The first-order valence-corrected chi connectivity index (χ1v) is 6.58. The first-order chi connectivity index (χ1) is 10.2. The Bertz CT molecular complexity index is 748. The summed E-state index contributed by atoms with van der Waals surface area (Å²) < 4.78 is 0. The third-order valence-electron chi connectivity index (χ3n) is 3.23. The Hall–Kier alpha value is -2.89. The van der Waals surface area contributed by atoms with Crippen LogP contribution in [0.15, 0.2) is 48.8 Å². The lowest BCUT2D eigenvalue weighted by Gasteiger charge is -2.17. The van der Waals surface area contributed by atoms with Crippen LogP contribution in [0.2, 0.25) is 0 Å². The van der Waals surface area contributed by atoms with Gasteiger partial charge in [-0.2, -0.15) is 5.10 Å². The number of carbonyl (C=O) groups is 1. The summed E-state index contributed by atoms with van der Waals surface area (Å²) in [4.78, 5) is 17.8. The lowest BCUT2D eigenvalue weighted by Crippen LogP contribution is -2.31. The molecule has 0 fully saturated rings. The van der Waals surface area contributed by atoms with Crippen LogP contribution < -0.4 is 5.32 Å². The first-order valence-electron chi connectivity index (χ1n) is 6.58. The molecule has 2 N–H and O–H groups in total. The van der Waals surface area contributed by atoms with Crippen LogP contribution in [0.3, 0.4) is 0 Å². The van der Waals surface area contributed by atoms with Crippen molar-refractivity contribution in [3.05, 3.63) is 54.6 Å². The van der Waals surface area contributed by atoms with E-state index in [2.05, 4.69) is 20.5 Å². The minimum atomic E-state index is -0.192. The van der Waals surface area contributed by atoms with Crippen molar-refractivity contribution in [3.8, 4) is 0 Å². The normalized spacial score (nSPS) is 10.5. The molecule has 1 aromatic heterocycles. The van der Waals surface area contributed by atoms with Gasteiger partial charge in [0.2, 0.25) is 0 Å². The molecule has 0 radical (unpaired) electrons. The molecular formula is C15H15N5O. The van der Waals surface area contributed by atoms with Crippen LogP contribution in [0, 0.1) is 0 Å². The van der Waals surface area contributed by atoms with Crippen LogP contribution in [0.25, 0.3) is 10.8 Å². The van der Waals surface area contributed by atoms with Gasteiger partial charge >= 0.3 is 6.03 Å². The predicted molar refractivity (Wildman–Crippen MR) is 80.8 cm³/mol. The smallest absolute Gasteiger partial charge is 0.320 e. The number of hydrogen-bond acceptors (Lipinski definition) is 3. The Morgan fingerprint density at radius 1 is 1.24 bits per heavy atom. The van der Waals surface area contributed by atoms with Gasteiger partial charge < -0.3 is 10.2 Å². The SMILES string of the molecule is CN(Cc1ncn[nH]1)C(=O)Nc1cccc2ccccc12. The minimum absolute atomic E-state index is 0.192. The molecule has 2 amide bonds. The quantitative estimate of drug-likeness (QED) is 0.775. The molecule has 6 heteroatoms. The number of aromatic nitrogens is 3. The maximum absolute atomic E-state index is 12.2. The summed E-state index contributed by atoms with van der Waals surface area (Å²) in [5.41, 5.74) is 0.794. The Kier molecular flexibility index (Phi) is 3.51. The van der Waals surface area contributed by atoms with Gasteiger partial charge in [-0.15, -0.1) is 0 Å². The minimum Gasteiger partial charge on any atom is -0.320 e. The summed E-state index contributed by atoms with van der Waals surface area (Å²) in [7, 11) is 1.71. The van der Waals surface area contributed by atoms with E-state index in [1.54, 1.807) is 11.9 Å². The summed E-state index contributed by atoms with van der Waals surface area (Å²) in [6.07, 6.45) is 1.42. The van der Waals surface area contributed by atoms with E-state index < -0.39 is 0 Å². The Labute approximate surface area is 121 Å². The van der Waals surface area contributed by atoms with E-state index in [4.69, 9.17) is 0 Å². The Morgan fingerprint density at radius 2 is 2.05 bits per heavy atom. The summed E-state index contributed by atoms with van der Waals surface area (Å²) in [5, 5.41) is 11.5. The molecule has 1 heterocycles. The van der Waals surface area contributed by atoms with Crippen molar-refractivity contribution in [2.24, 2.45) is 0 Å². The van der Waals surface area contributed by atoms with Crippen molar-refractivity contribution in [2.45, 2.75) is 6.54 Å². The highest BCUT2D eigenvalue weighted by Gasteiger charge is 2.12. The molecule has 21 heavy (non-hydrogen) atoms. The molecule has 0 saturated carbocycles. The number of urea groups is 1. The second-order valence-corrected chi connectivity index (χ2v) is 4.75. The van der Waals surface area contributed by atoms with Crippen LogP contribution >= 0.6 is 0 Å². The second kappa shape index (κ2) is 5.62. The average Bonchev–Trinajstić information content (AvgIpc) is 3.00. The third kappa shape index (κ3) is 2.84. The standard InChI is InChI=1S/C15H15N5O/c1-20(9-14-16-10-17-19-14)15(21)18-13-8-4-6-11-5-2-3-7-12(11)13/h2-8,10H,9H2,1H3,(H,18,21)(H,16,17,19). The zero-order valence-corrected chi connectivity index (χ0v) is 11.6. The molecule has 0 spiro atoms. The number of aromatic amines is 1. The van der Waals surface area contributed by atoms with Crippen molar-refractivity contribution in [1.29, 1.82) is 0 Å². The van der Waals surface area contributed by atoms with Crippen molar-refractivity contribution in [3.63, 3.8) is 0 Å². The van der Waals surface area contributed by atoms with Crippen LogP contribution in [-0.2, 0) is 6.54 Å². The fraction of sp³-hybridized carbons (Fsp3) is 0.133. The van der Waals surface area contributed by atoms with Crippen molar-refractivity contribution in [2.75, 3.05) is 12.4 Å². The molecule has 6 nitrogen and oxygen atoms in total. The number of benzene rings is 2. The summed E-state index contributed by atoms with van der Waals surface area (Å²) in [6.45, 7) is 0.372. The van der Waals surface area contributed by atoms with E-state index in [0.717, 1.165) is 16.5 Å². The van der Waals surface area contributed by atoms with Crippen LogP contribution in [0.5, 0.6) is 0 Å². The largest absolute Gasteiger partial charge is 0.322 e. The lowest BCUT2D eigenvalue weighted by molar-refractivity contribution is 0.219. The van der Waals surface area contributed by atoms with E-state index in [-0.39, 0.29) is 6.03 Å². The van der Waals surface area contributed by atoms with Gasteiger partial charge in [-0.3, -0.25) is 5.10 Å². The van der Waals surface area contributed by atoms with E-state index in [1.165, 1.54) is 6.33 Å². The van der Waals surface area contributed by atoms with Crippen molar-refractivity contribution in [1.82, 2.24) is 20.1 Å². The second-order valence-electron chi connectivity index (χ2n) is 4.75.